The maximum absolute atomic E-state index is 12.7. The minimum atomic E-state index is -0.0791. The van der Waals surface area contributed by atoms with Gasteiger partial charge in [0.25, 0.3) is 5.91 Å². The van der Waals surface area contributed by atoms with Crippen molar-refractivity contribution in [1.82, 2.24) is 14.9 Å². The van der Waals surface area contributed by atoms with Gasteiger partial charge in [-0.15, -0.1) is 0 Å². The Morgan fingerprint density at radius 3 is 2.42 bits per heavy atom. The topological polar surface area (TPSA) is 88.3 Å². The van der Waals surface area contributed by atoms with Crippen LogP contribution in [0.4, 0.5) is 0 Å². The van der Waals surface area contributed by atoms with Gasteiger partial charge < -0.3 is 14.4 Å². The lowest BCUT2D eigenvalue weighted by Gasteiger charge is -2.29. The second-order valence-corrected chi connectivity index (χ2v) is 6.07. The number of methoxy groups -OCH3 is 2. The fraction of sp³-hybridized carbons (Fsp3) is 0.368. The quantitative estimate of drug-likeness (QED) is 0.840. The number of aromatic nitrogens is 2. The number of rotatable bonds is 4. The zero-order valence-corrected chi connectivity index (χ0v) is 14.8. The average molecular weight is 352 g/mol. The summed E-state index contributed by atoms with van der Waals surface area (Å²) in [5, 5.41) is 9.09. The van der Waals surface area contributed by atoms with Crippen molar-refractivity contribution in [2.45, 2.75) is 12.8 Å². The molecule has 0 radical (unpaired) electrons. The van der Waals surface area contributed by atoms with Gasteiger partial charge in [-0.3, -0.25) is 4.79 Å². The van der Waals surface area contributed by atoms with Gasteiger partial charge in [-0.1, -0.05) is 12.1 Å². The molecule has 3 rings (SSSR count). The van der Waals surface area contributed by atoms with E-state index in [-0.39, 0.29) is 11.8 Å². The van der Waals surface area contributed by atoms with Crippen LogP contribution in [0.1, 0.15) is 23.2 Å². The molecule has 1 fully saturated rings. The molecule has 1 saturated heterocycles. The van der Waals surface area contributed by atoms with Crippen LogP contribution in [0.5, 0.6) is 11.8 Å². The number of nitrogens with zero attached hydrogens (tertiary/aromatic N) is 4. The van der Waals surface area contributed by atoms with Gasteiger partial charge in [-0.05, 0) is 25.0 Å². The summed E-state index contributed by atoms with van der Waals surface area (Å²) in [5.74, 6) is 1.14. The minimum Gasteiger partial charge on any atom is -0.481 e. The predicted octanol–water partition coefficient (Wildman–Crippen LogP) is 2.54. The van der Waals surface area contributed by atoms with Crippen molar-refractivity contribution in [2.24, 2.45) is 5.92 Å². The molecule has 0 unspecified atom stereocenters. The van der Waals surface area contributed by atoms with Gasteiger partial charge in [0.1, 0.15) is 0 Å². The fourth-order valence-electron chi connectivity index (χ4n) is 2.95. The van der Waals surface area contributed by atoms with Crippen LogP contribution < -0.4 is 9.47 Å². The molecule has 134 valence electrons. The van der Waals surface area contributed by atoms with Crippen LogP contribution in [0.3, 0.4) is 0 Å². The van der Waals surface area contributed by atoms with Crippen LogP contribution in [0.2, 0.25) is 0 Å². The number of likely N-dealkylation sites (tertiary alicyclic amines) is 1. The number of benzene rings is 1. The third kappa shape index (κ3) is 3.75. The van der Waals surface area contributed by atoms with Gasteiger partial charge in [-0.25, -0.2) is 0 Å². The zero-order chi connectivity index (χ0) is 18.5. The van der Waals surface area contributed by atoms with E-state index in [1.54, 1.807) is 35.2 Å². The van der Waals surface area contributed by atoms with E-state index >= 15 is 0 Å². The molecule has 1 aliphatic rings. The third-order valence-electron chi connectivity index (χ3n) is 4.38. The summed E-state index contributed by atoms with van der Waals surface area (Å²) in [4.78, 5) is 23.0. The number of amides is 1. The van der Waals surface area contributed by atoms with Crippen molar-refractivity contribution in [3.05, 3.63) is 35.9 Å². The maximum atomic E-state index is 12.7. The number of carbonyl (C=O) groups is 1. The van der Waals surface area contributed by atoms with Crippen LogP contribution >= 0.6 is 0 Å². The molecule has 0 N–H and O–H groups in total. The van der Waals surface area contributed by atoms with Gasteiger partial charge in [-0.2, -0.15) is 15.2 Å². The highest BCUT2D eigenvalue weighted by atomic mass is 16.5. The standard InChI is InChI=1S/C19H20N4O3/c1-25-16-10-17(26-2)22-18(21-16)14-5-7-15(8-6-14)19(24)23-9-3-4-13(11-20)12-23/h5-8,10,13H,3-4,9,12H2,1-2H3/t13-/m0/s1. The lowest BCUT2D eigenvalue weighted by atomic mass is 9.99. The monoisotopic (exact) mass is 352 g/mol. The van der Waals surface area contributed by atoms with Crippen molar-refractivity contribution in [1.29, 1.82) is 5.26 Å². The highest BCUT2D eigenvalue weighted by Crippen LogP contribution is 2.24. The highest BCUT2D eigenvalue weighted by Gasteiger charge is 2.24. The first-order chi connectivity index (χ1) is 12.6. The van der Waals surface area contributed by atoms with Crippen molar-refractivity contribution in [2.75, 3.05) is 27.3 Å². The van der Waals surface area contributed by atoms with E-state index in [0.29, 0.717) is 36.2 Å². The Labute approximate surface area is 152 Å². The van der Waals surface area contributed by atoms with E-state index in [2.05, 4.69) is 16.0 Å². The van der Waals surface area contributed by atoms with Gasteiger partial charge >= 0.3 is 0 Å². The SMILES string of the molecule is COc1cc(OC)nc(-c2ccc(C(=O)N3CCC[C@@H](C#N)C3)cc2)n1. The summed E-state index contributed by atoms with van der Waals surface area (Å²) in [6.45, 7) is 1.18. The predicted molar refractivity (Wildman–Crippen MR) is 94.8 cm³/mol. The van der Waals surface area contributed by atoms with E-state index < -0.39 is 0 Å². The molecule has 7 nitrogen and oxygen atoms in total. The molecule has 7 heteroatoms. The summed E-state index contributed by atoms with van der Waals surface area (Å²) in [6, 6.07) is 11.0. The second-order valence-electron chi connectivity index (χ2n) is 6.07. The Balaban J connectivity index is 1.80. The maximum Gasteiger partial charge on any atom is 0.253 e. The summed E-state index contributed by atoms with van der Waals surface area (Å²) in [6.07, 6.45) is 1.72. The van der Waals surface area contributed by atoms with E-state index in [1.807, 2.05) is 0 Å². The molecule has 1 aromatic heterocycles. The van der Waals surface area contributed by atoms with Crippen molar-refractivity contribution in [3.8, 4) is 29.2 Å². The summed E-state index contributed by atoms with van der Waals surface area (Å²) >= 11 is 0. The molecule has 0 spiro atoms. The van der Waals surface area contributed by atoms with Crippen molar-refractivity contribution in [3.63, 3.8) is 0 Å². The first-order valence-corrected chi connectivity index (χ1v) is 8.41. The van der Waals surface area contributed by atoms with Gasteiger partial charge in [0.05, 0.1) is 32.3 Å². The molecule has 1 amide bonds. The molecular weight excluding hydrogens is 332 g/mol. The normalized spacial score (nSPS) is 16.7. The van der Waals surface area contributed by atoms with E-state index in [0.717, 1.165) is 18.4 Å². The molecule has 2 heterocycles. The van der Waals surface area contributed by atoms with E-state index in [1.165, 1.54) is 14.2 Å². The van der Waals surface area contributed by atoms with E-state index in [4.69, 9.17) is 14.7 Å². The molecular formula is C19H20N4O3. The molecule has 26 heavy (non-hydrogen) atoms. The van der Waals surface area contributed by atoms with Crippen LogP contribution in [0, 0.1) is 17.2 Å². The lowest BCUT2D eigenvalue weighted by Crippen LogP contribution is -2.39. The number of nitriles is 1. The number of hydrogen-bond acceptors (Lipinski definition) is 6. The lowest BCUT2D eigenvalue weighted by molar-refractivity contribution is 0.0699. The minimum absolute atomic E-state index is 0.0550. The third-order valence-corrected chi connectivity index (χ3v) is 4.38. The Hall–Kier alpha value is -3.14. The number of piperidine rings is 1. The Bertz CT molecular complexity index is 807. The van der Waals surface area contributed by atoms with Gasteiger partial charge in [0, 0.05) is 24.2 Å². The fourth-order valence-corrected chi connectivity index (χ4v) is 2.95. The largest absolute Gasteiger partial charge is 0.481 e. The molecule has 0 saturated carbocycles. The zero-order valence-electron chi connectivity index (χ0n) is 14.8. The molecule has 1 aromatic carbocycles. The van der Waals surface area contributed by atoms with Crippen molar-refractivity contribution < 1.29 is 14.3 Å². The van der Waals surface area contributed by atoms with Crippen LogP contribution in [0.25, 0.3) is 11.4 Å². The second kappa shape index (κ2) is 7.83. The smallest absolute Gasteiger partial charge is 0.253 e. The summed E-state index contributed by atoms with van der Waals surface area (Å²) < 4.78 is 10.3. The summed E-state index contributed by atoms with van der Waals surface area (Å²) in [5.41, 5.74) is 1.34. The van der Waals surface area contributed by atoms with Crippen LogP contribution in [-0.2, 0) is 0 Å². The Kier molecular flexibility index (Phi) is 5.32. The van der Waals surface area contributed by atoms with Gasteiger partial charge in [0.2, 0.25) is 11.8 Å². The highest BCUT2D eigenvalue weighted by molar-refractivity contribution is 5.94. The Morgan fingerprint density at radius 2 is 1.85 bits per heavy atom. The number of hydrogen-bond donors (Lipinski definition) is 0. The van der Waals surface area contributed by atoms with Crippen molar-refractivity contribution >= 4 is 5.91 Å². The molecule has 0 bridgehead atoms. The van der Waals surface area contributed by atoms with Crippen LogP contribution in [0.15, 0.2) is 30.3 Å². The summed E-state index contributed by atoms with van der Waals surface area (Å²) in [7, 11) is 3.06. The van der Waals surface area contributed by atoms with E-state index in [9.17, 15) is 4.79 Å². The molecule has 0 aliphatic carbocycles. The first-order valence-electron chi connectivity index (χ1n) is 8.41. The molecule has 1 atom stereocenters. The molecule has 1 aliphatic heterocycles. The number of ether oxygens (including phenoxy) is 2. The van der Waals surface area contributed by atoms with Gasteiger partial charge in [0.15, 0.2) is 5.82 Å². The molecule has 2 aromatic rings. The average Bonchev–Trinajstić information content (AvgIpc) is 2.72. The Morgan fingerprint density at radius 1 is 1.19 bits per heavy atom. The van der Waals surface area contributed by atoms with Crippen LogP contribution in [-0.4, -0.2) is 48.1 Å². The number of carbonyl (C=O) groups excluding carboxylic acids is 1. The first kappa shape index (κ1) is 17.7.